The van der Waals surface area contributed by atoms with Gasteiger partial charge in [-0.25, -0.2) is 0 Å². The summed E-state index contributed by atoms with van der Waals surface area (Å²) < 4.78 is 0.497. The third-order valence-electron chi connectivity index (χ3n) is 5.27. The van der Waals surface area contributed by atoms with Crippen LogP contribution in [0.4, 0.5) is 5.69 Å². The highest BCUT2D eigenvalue weighted by molar-refractivity contribution is 8.26. The topological polar surface area (TPSA) is 60.9 Å². The van der Waals surface area contributed by atoms with Gasteiger partial charge in [-0.05, 0) is 43.0 Å². The van der Waals surface area contributed by atoms with Crippen molar-refractivity contribution >= 4 is 51.9 Å². The van der Waals surface area contributed by atoms with Gasteiger partial charge < -0.3 is 10.0 Å². The lowest BCUT2D eigenvalue weighted by atomic mass is 10.1. The number of thioether (sulfide) groups is 1. The lowest BCUT2D eigenvalue weighted by Crippen LogP contribution is -2.29. The molecule has 1 heterocycles. The summed E-state index contributed by atoms with van der Waals surface area (Å²) in [6.45, 7) is 6.95. The van der Waals surface area contributed by atoms with Gasteiger partial charge in [0.2, 0.25) is 0 Å². The minimum absolute atomic E-state index is 0.0323. The first-order valence-electron chi connectivity index (χ1n) is 11.3. The van der Waals surface area contributed by atoms with Crippen LogP contribution in [-0.4, -0.2) is 45.8 Å². The largest absolute Gasteiger partial charge is 0.481 e. The molecule has 5 nitrogen and oxygen atoms in total. The first kappa shape index (κ1) is 25.4. The molecular weight excluding hydrogens is 428 g/mol. The SMILES string of the molecule is CCCCCN(CCCCC)c1ccc(C=C2SC(=S)N(CCCC(=O)O)C2=O)cc1. The number of amides is 1. The van der Waals surface area contributed by atoms with E-state index in [1.165, 1.54) is 60.9 Å². The number of hydrogen-bond acceptors (Lipinski definition) is 5. The van der Waals surface area contributed by atoms with Crippen LogP contribution in [0.1, 0.15) is 70.8 Å². The van der Waals surface area contributed by atoms with Crippen molar-refractivity contribution in [3.63, 3.8) is 0 Å². The van der Waals surface area contributed by atoms with Crippen LogP contribution in [0.5, 0.6) is 0 Å². The standard InChI is InChI=1S/C24H34N2O3S2/c1-3-5-7-15-25(16-8-6-4-2)20-13-11-19(12-14-20)18-21-23(29)26(24(30)31-21)17-9-10-22(27)28/h11-14,18H,3-10,15-17H2,1-2H3,(H,27,28). The molecule has 0 unspecified atom stereocenters. The molecule has 1 aliphatic heterocycles. The fourth-order valence-corrected chi connectivity index (χ4v) is 4.80. The van der Waals surface area contributed by atoms with E-state index in [1.54, 1.807) is 0 Å². The predicted molar refractivity (Wildman–Crippen MR) is 134 cm³/mol. The van der Waals surface area contributed by atoms with Gasteiger partial charge >= 0.3 is 5.97 Å². The van der Waals surface area contributed by atoms with Gasteiger partial charge in [-0.1, -0.05) is 75.6 Å². The van der Waals surface area contributed by atoms with Crippen molar-refractivity contribution < 1.29 is 14.7 Å². The molecule has 1 aromatic carbocycles. The van der Waals surface area contributed by atoms with E-state index in [0.717, 1.165) is 18.7 Å². The number of carboxylic acid groups (broad SMARTS) is 1. The summed E-state index contributed by atoms with van der Waals surface area (Å²) in [6, 6.07) is 8.38. The smallest absolute Gasteiger partial charge is 0.303 e. The number of aliphatic carboxylic acids is 1. The minimum Gasteiger partial charge on any atom is -0.481 e. The van der Waals surface area contributed by atoms with Crippen LogP contribution in [-0.2, 0) is 9.59 Å². The Kier molecular flexibility index (Phi) is 11.1. The maximum absolute atomic E-state index is 12.7. The molecule has 1 aromatic rings. The number of thiocarbonyl (C=S) groups is 1. The molecule has 31 heavy (non-hydrogen) atoms. The summed E-state index contributed by atoms with van der Waals surface area (Å²) >= 11 is 6.60. The fraction of sp³-hybridized carbons (Fsp3) is 0.542. The van der Waals surface area contributed by atoms with Crippen LogP contribution < -0.4 is 4.90 Å². The van der Waals surface area contributed by atoms with Crippen LogP contribution in [0.2, 0.25) is 0 Å². The van der Waals surface area contributed by atoms with E-state index in [-0.39, 0.29) is 12.3 Å². The molecule has 0 radical (unpaired) electrons. The third kappa shape index (κ3) is 8.30. The van der Waals surface area contributed by atoms with E-state index in [1.807, 2.05) is 6.08 Å². The van der Waals surface area contributed by atoms with E-state index in [4.69, 9.17) is 17.3 Å². The zero-order chi connectivity index (χ0) is 22.6. The second-order valence-corrected chi connectivity index (χ2v) is 9.50. The van der Waals surface area contributed by atoms with E-state index in [0.29, 0.717) is 22.2 Å². The highest BCUT2D eigenvalue weighted by Crippen LogP contribution is 2.33. The molecule has 170 valence electrons. The summed E-state index contributed by atoms with van der Waals surface area (Å²) in [5, 5.41) is 8.79. The quantitative estimate of drug-likeness (QED) is 0.210. The Morgan fingerprint density at radius 1 is 1.06 bits per heavy atom. The van der Waals surface area contributed by atoms with Crippen molar-refractivity contribution in [3.8, 4) is 0 Å². The van der Waals surface area contributed by atoms with E-state index in [9.17, 15) is 9.59 Å². The van der Waals surface area contributed by atoms with Gasteiger partial charge in [0.15, 0.2) is 0 Å². The zero-order valence-corrected chi connectivity index (χ0v) is 20.3. The Morgan fingerprint density at radius 2 is 1.68 bits per heavy atom. The highest BCUT2D eigenvalue weighted by Gasteiger charge is 2.31. The van der Waals surface area contributed by atoms with Gasteiger partial charge in [-0.3, -0.25) is 14.5 Å². The second-order valence-electron chi connectivity index (χ2n) is 7.82. The Balaban J connectivity index is 2.03. The summed E-state index contributed by atoms with van der Waals surface area (Å²) in [5.74, 6) is -0.996. The van der Waals surface area contributed by atoms with Crippen molar-refractivity contribution in [2.24, 2.45) is 0 Å². The van der Waals surface area contributed by atoms with Gasteiger partial charge in [0, 0.05) is 31.7 Å². The number of anilines is 1. The molecule has 0 saturated carbocycles. The van der Waals surface area contributed by atoms with Crippen molar-refractivity contribution in [2.45, 2.75) is 65.2 Å². The van der Waals surface area contributed by atoms with Gasteiger partial charge in [0.1, 0.15) is 4.32 Å². The first-order chi connectivity index (χ1) is 15.0. The highest BCUT2D eigenvalue weighted by atomic mass is 32.2. The average molecular weight is 463 g/mol. The molecule has 2 rings (SSSR count). The third-order valence-corrected chi connectivity index (χ3v) is 6.64. The van der Waals surface area contributed by atoms with Gasteiger partial charge in [0.25, 0.3) is 5.91 Å². The molecule has 7 heteroatoms. The maximum Gasteiger partial charge on any atom is 0.303 e. The molecule has 1 N–H and O–H groups in total. The molecule has 0 atom stereocenters. The number of benzene rings is 1. The molecule has 0 bridgehead atoms. The molecule has 1 amide bonds. The van der Waals surface area contributed by atoms with Crippen LogP contribution in [0, 0.1) is 0 Å². The van der Waals surface area contributed by atoms with E-state index in [2.05, 4.69) is 43.0 Å². The normalized spacial score (nSPS) is 15.2. The van der Waals surface area contributed by atoms with Crippen molar-refractivity contribution in [1.82, 2.24) is 4.90 Å². The number of hydrogen-bond donors (Lipinski definition) is 1. The molecule has 1 aliphatic rings. The number of nitrogens with zero attached hydrogens (tertiary/aromatic N) is 2. The molecule has 0 spiro atoms. The maximum atomic E-state index is 12.7. The molecule has 0 aromatic heterocycles. The number of unbranched alkanes of at least 4 members (excludes halogenated alkanes) is 4. The molecule has 1 fully saturated rings. The monoisotopic (exact) mass is 462 g/mol. The van der Waals surface area contributed by atoms with Crippen LogP contribution in [0.15, 0.2) is 29.2 Å². The Bertz CT molecular complexity index is 768. The number of carbonyl (C=O) groups excluding carboxylic acids is 1. The predicted octanol–water partition coefficient (Wildman–Crippen LogP) is 5.94. The average Bonchev–Trinajstić information content (AvgIpc) is 3.00. The van der Waals surface area contributed by atoms with Crippen LogP contribution in [0.3, 0.4) is 0 Å². The fourth-order valence-electron chi connectivity index (χ4n) is 3.49. The lowest BCUT2D eigenvalue weighted by Gasteiger charge is -2.25. The van der Waals surface area contributed by atoms with Gasteiger partial charge in [0.05, 0.1) is 4.91 Å². The van der Waals surface area contributed by atoms with E-state index >= 15 is 0 Å². The first-order valence-corrected chi connectivity index (χ1v) is 12.5. The van der Waals surface area contributed by atoms with Crippen molar-refractivity contribution in [3.05, 3.63) is 34.7 Å². The molecule has 1 saturated heterocycles. The number of carbonyl (C=O) groups is 2. The zero-order valence-electron chi connectivity index (χ0n) is 18.6. The van der Waals surface area contributed by atoms with Crippen LogP contribution >= 0.6 is 24.0 Å². The second kappa shape index (κ2) is 13.5. The van der Waals surface area contributed by atoms with Crippen molar-refractivity contribution in [2.75, 3.05) is 24.5 Å². The van der Waals surface area contributed by atoms with Gasteiger partial charge in [-0.15, -0.1) is 0 Å². The van der Waals surface area contributed by atoms with Crippen molar-refractivity contribution in [1.29, 1.82) is 0 Å². The minimum atomic E-state index is -0.862. The Hall–Kier alpha value is -1.86. The molecule has 0 aliphatic carbocycles. The Morgan fingerprint density at radius 3 is 2.23 bits per heavy atom. The summed E-state index contributed by atoms with van der Waals surface area (Å²) in [5.41, 5.74) is 2.20. The summed E-state index contributed by atoms with van der Waals surface area (Å²) in [7, 11) is 0. The number of carboxylic acids is 1. The molecular formula is C24H34N2O3S2. The van der Waals surface area contributed by atoms with Gasteiger partial charge in [-0.2, -0.15) is 0 Å². The van der Waals surface area contributed by atoms with Crippen LogP contribution in [0.25, 0.3) is 6.08 Å². The Labute approximate surface area is 195 Å². The summed E-state index contributed by atoms with van der Waals surface area (Å²) in [4.78, 5) is 27.9. The lowest BCUT2D eigenvalue weighted by molar-refractivity contribution is -0.137. The number of rotatable bonds is 14. The van der Waals surface area contributed by atoms with E-state index < -0.39 is 5.97 Å². The summed E-state index contributed by atoms with van der Waals surface area (Å²) in [6.07, 6.45) is 9.64.